The van der Waals surface area contributed by atoms with Gasteiger partial charge in [-0.2, -0.15) is 0 Å². The van der Waals surface area contributed by atoms with E-state index in [-0.39, 0.29) is 18.1 Å². The summed E-state index contributed by atoms with van der Waals surface area (Å²) < 4.78 is 7.91. The average molecular weight is 417 g/mol. The Morgan fingerprint density at radius 3 is 2.84 bits per heavy atom. The summed E-state index contributed by atoms with van der Waals surface area (Å²) in [6.45, 7) is 5.07. The molecule has 6 nitrogen and oxygen atoms in total. The van der Waals surface area contributed by atoms with Crippen molar-refractivity contribution in [3.05, 3.63) is 78.4 Å². The van der Waals surface area contributed by atoms with Crippen molar-refractivity contribution in [1.82, 2.24) is 19.8 Å². The summed E-state index contributed by atoms with van der Waals surface area (Å²) in [6.07, 6.45) is 4.44. The molecule has 0 bridgehead atoms. The summed E-state index contributed by atoms with van der Waals surface area (Å²) in [5.74, 6) is 0.0224. The van der Waals surface area contributed by atoms with Gasteiger partial charge in [-0.15, -0.1) is 0 Å². The Bertz CT molecular complexity index is 1050. The van der Waals surface area contributed by atoms with Crippen LogP contribution >= 0.6 is 0 Å². The van der Waals surface area contributed by atoms with Crippen molar-refractivity contribution >= 4 is 5.91 Å². The number of fused-ring (bicyclic) bond motifs is 1. The van der Waals surface area contributed by atoms with E-state index < -0.39 is 0 Å². The quantitative estimate of drug-likeness (QED) is 0.709. The monoisotopic (exact) mass is 416 g/mol. The summed E-state index contributed by atoms with van der Waals surface area (Å²) in [5.41, 5.74) is 4.13. The lowest BCUT2D eigenvalue weighted by Gasteiger charge is -2.41. The van der Waals surface area contributed by atoms with Crippen LogP contribution in [0.4, 0.5) is 0 Å². The first-order valence-corrected chi connectivity index (χ1v) is 11.0. The number of imidazole rings is 1. The number of nitrogens with one attached hydrogen (secondary N) is 1. The Hall–Kier alpha value is -2.96. The van der Waals surface area contributed by atoms with Gasteiger partial charge in [-0.3, -0.25) is 4.79 Å². The summed E-state index contributed by atoms with van der Waals surface area (Å²) in [4.78, 5) is 19.7. The van der Waals surface area contributed by atoms with E-state index in [0.717, 1.165) is 19.5 Å². The topological polar surface area (TPSA) is 59.4 Å². The molecule has 1 aromatic heterocycles. The molecule has 0 radical (unpaired) electrons. The van der Waals surface area contributed by atoms with Crippen LogP contribution in [0.15, 0.2) is 67.1 Å². The molecule has 2 fully saturated rings. The predicted octanol–water partition coefficient (Wildman–Crippen LogP) is 3.36. The van der Waals surface area contributed by atoms with Gasteiger partial charge >= 0.3 is 0 Å². The van der Waals surface area contributed by atoms with E-state index in [2.05, 4.69) is 65.8 Å². The molecule has 2 saturated heterocycles. The molecule has 3 atom stereocenters. The van der Waals surface area contributed by atoms with E-state index in [1.807, 2.05) is 15.5 Å². The van der Waals surface area contributed by atoms with Gasteiger partial charge in [0.05, 0.1) is 31.3 Å². The van der Waals surface area contributed by atoms with Crippen molar-refractivity contribution in [3.63, 3.8) is 0 Å². The highest BCUT2D eigenvalue weighted by Gasteiger charge is 2.35. The molecule has 3 heterocycles. The molecule has 3 aromatic rings. The van der Waals surface area contributed by atoms with E-state index in [4.69, 9.17) is 4.74 Å². The van der Waals surface area contributed by atoms with Gasteiger partial charge in [0.15, 0.2) is 0 Å². The highest BCUT2D eigenvalue weighted by Crippen LogP contribution is 2.31. The number of benzene rings is 2. The lowest BCUT2D eigenvalue weighted by Crippen LogP contribution is -2.58. The number of piperidine rings is 1. The molecule has 0 spiro atoms. The number of likely N-dealkylation sites (tertiary alicyclic amines) is 1. The molecule has 3 unspecified atom stereocenters. The second-order valence-corrected chi connectivity index (χ2v) is 8.33. The third kappa shape index (κ3) is 3.89. The van der Waals surface area contributed by atoms with Gasteiger partial charge in [-0.1, -0.05) is 54.6 Å². The smallest absolute Gasteiger partial charge is 0.272 e. The number of carbonyl (C=O) groups excluding carboxylic acids is 1. The van der Waals surface area contributed by atoms with Crippen molar-refractivity contribution in [1.29, 1.82) is 0 Å². The van der Waals surface area contributed by atoms with Crippen LogP contribution in [0.5, 0.6) is 0 Å². The Morgan fingerprint density at radius 2 is 1.97 bits per heavy atom. The van der Waals surface area contributed by atoms with Crippen LogP contribution in [0.1, 0.15) is 35.4 Å². The lowest BCUT2D eigenvalue weighted by molar-refractivity contribution is -0.0417. The molecule has 1 N–H and O–H groups in total. The largest absolute Gasteiger partial charge is 0.373 e. The molecular formula is C25H28N4O2. The summed E-state index contributed by atoms with van der Waals surface area (Å²) in [6, 6.07) is 19.1. The molecular weight excluding hydrogens is 388 g/mol. The molecule has 2 aliphatic rings. The fraction of sp³-hybridized carbons (Fsp3) is 0.360. The molecule has 2 aliphatic heterocycles. The van der Waals surface area contributed by atoms with Gasteiger partial charge in [0.25, 0.3) is 5.91 Å². The molecule has 5 rings (SSSR count). The van der Waals surface area contributed by atoms with Gasteiger partial charge in [-0.05, 0) is 30.0 Å². The molecule has 31 heavy (non-hydrogen) atoms. The second-order valence-electron chi connectivity index (χ2n) is 8.33. The molecule has 0 aliphatic carbocycles. The lowest BCUT2D eigenvalue weighted by atomic mass is 9.95. The van der Waals surface area contributed by atoms with Gasteiger partial charge < -0.3 is 19.5 Å². The molecule has 160 valence electrons. The SMILES string of the molecule is CC(c1ccccc1-c1ccccc1)n1cncc1C(=O)N1CCC2NCCOC2C1. The van der Waals surface area contributed by atoms with E-state index in [0.29, 0.717) is 24.9 Å². The Morgan fingerprint density at radius 1 is 1.16 bits per heavy atom. The molecule has 6 heteroatoms. The van der Waals surface area contributed by atoms with Crippen molar-refractivity contribution < 1.29 is 9.53 Å². The number of hydrogen-bond acceptors (Lipinski definition) is 4. The molecule has 0 saturated carbocycles. The number of ether oxygens (including phenoxy) is 1. The van der Waals surface area contributed by atoms with Crippen molar-refractivity contribution in [2.24, 2.45) is 0 Å². The Labute approximate surface area is 182 Å². The van der Waals surface area contributed by atoms with Crippen molar-refractivity contribution in [2.45, 2.75) is 31.5 Å². The van der Waals surface area contributed by atoms with E-state index in [1.54, 1.807) is 12.5 Å². The van der Waals surface area contributed by atoms with E-state index in [1.165, 1.54) is 16.7 Å². The van der Waals surface area contributed by atoms with Crippen LogP contribution in [0.25, 0.3) is 11.1 Å². The average Bonchev–Trinajstić information content (AvgIpc) is 3.33. The van der Waals surface area contributed by atoms with Crippen LogP contribution in [0, 0.1) is 0 Å². The van der Waals surface area contributed by atoms with Crippen molar-refractivity contribution in [3.8, 4) is 11.1 Å². The van der Waals surface area contributed by atoms with Gasteiger partial charge in [0.1, 0.15) is 5.69 Å². The zero-order valence-electron chi connectivity index (χ0n) is 17.8. The third-order valence-corrected chi connectivity index (χ3v) is 6.48. The third-order valence-electron chi connectivity index (χ3n) is 6.48. The zero-order chi connectivity index (χ0) is 21.2. The standard InChI is InChI=1S/C25H28N4O2/c1-18(20-9-5-6-10-21(20)19-7-3-2-4-8-19)29-17-26-15-23(29)25(30)28-13-11-22-24(16-28)31-14-12-27-22/h2-10,15,17-18,22,24,27H,11-14,16H2,1H3. The maximum Gasteiger partial charge on any atom is 0.272 e. The number of nitrogens with zero attached hydrogens (tertiary/aromatic N) is 3. The first-order valence-electron chi connectivity index (χ1n) is 11.0. The number of hydrogen-bond donors (Lipinski definition) is 1. The number of carbonyl (C=O) groups is 1. The fourth-order valence-electron chi connectivity index (χ4n) is 4.79. The highest BCUT2D eigenvalue weighted by molar-refractivity contribution is 5.92. The number of rotatable bonds is 4. The zero-order valence-corrected chi connectivity index (χ0v) is 17.8. The summed E-state index contributed by atoms with van der Waals surface area (Å²) in [5, 5.41) is 3.51. The minimum atomic E-state index is -0.0250. The first kappa shape index (κ1) is 20.0. The summed E-state index contributed by atoms with van der Waals surface area (Å²) in [7, 11) is 0. The molecule has 1 amide bonds. The van der Waals surface area contributed by atoms with Gasteiger partial charge in [0, 0.05) is 25.7 Å². The van der Waals surface area contributed by atoms with Crippen LogP contribution in [-0.2, 0) is 4.74 Å². The highest BCUT2D eigenvalue weighted by atomic mass is 16.5. The van der Waals surface area contributed by atoms with Crippen LogP contribution in [-0.4, -0.2) is 58.7 Å². The maximum absolute atomic E-state index is 13.4. The minimum absolute atomic E-state index is 0.0224. The van der Waals surface area contributed by atoms with Crippen LogP contribution in [0.2, 0.25) is 0 Å². The first-order chi connectivity index (χ1) is 15.2. The Kier molecular flexibility index (Phi) is 5.57. The van der Waals surface area contributed by atoms with E-state index >= 15 is 0 Å². The van der Waals surface area contributed by atoms with Crippen molar-refractivity contribution in [2.75, 3.05) is 26.2 Å². The number of amides is 1. The van der Waals surface area contributed by atoms with Gasteiger partial charge in [-0.25, -0.2) is 4.98 Å². The predicted molar refractivity (Wildman–Crippen MR) is 120 cm³/mol. The second kappa shape index (κ2) is 8.65. The maximum atomic E-state index is 13.4. The summed E-state index contributed by atoms with van der Waals surface area (Å²) >= 11 is 0. The Balaban J connectivity index is 1.41. The minimum Gasteiger partial charge on any atom is -0.373 e. The van der Waals surface area contributed by atoms with Crippen LogP contribution < -0.4 is 5.32 Å². The van der Waals surface area contributed by atoms with Gasteiger partial charge in [0.2, 0.25) is 0 Å². The normalized spacial score (nSPS) is 22.0. The number of aromatic nitrogens is 2. The van der Waals surface area contributed by atoms with Crippen LogP contribution in [0.3, 0.4) is 0 Å². The number of morpholine rings is 1. The fourth-order valence-corrected chi connectivity index (χ4v) is 4.79. The molecule has 2 aromatic carbocycles. The van der Waals surface area contributed by atoms with E-state index in [9.17, 15) is 4.79 Å².